The molecule has 0 spiro atoms. The molecule has 132 valence electrons. The molecule has 4 nitrogen and oxygen atoms in total. The number of allylic oxidation sites excluding steroid dienone is 3. The predicted octanol–water partition coefficient (Wildman–Crippen LogP) is 3.50. The van der Waals surface area contributed by atoms with E-state index in [2.05, 4.69) is 13.0 Å². The van der Waals surface area contributed by atoms with E-state index in [1.807, 2.05) is 13.0 Å². The summed E-state index contributed by atoms with van der Waals surface area (Å²) in [6.07, 6.45) is 7.64. The highest BCUT2D eigenvalue weighted by atomic mass is 16.4. The average molecular weight is 332 g/mol. The van der Waals surface area contributed by atoms with E-state index < -0.39 is 17.0 Å². The van der Waals surface area contributed by atoms with Crippen molar-refractivity contribution in [1.82, 2.24) is 0 Å². The molecular formula is C20H28O4. The molecule has 4 heteroatoms. The van der Waals surface area contributed by atoms with Crippen molar-refractivity contribution in [3.05, 3.63) is 23.3 Å². The zero-order chi connectivity index (χ0) is 17.9. The molecule has 0 amide bonds. The maximum Gasteiger partial charge on any atom is 0.309 e. The SMILES string of the molecule is CC(C)(O)C1=CC2=CC[C@H]3[C@](C)(CCC[C@@]3(C)C(=O)O)[C@H]2CC1=O. The molecule has 1 fully saturated rings. The van der Waals surface area contributed by atoms with Crippen molar-refractivity contribution in [2.75, 3.05) is 0 Å². The Morgan fingerprint density at radius 1 is 1.29 bits per heavy atom. The molecule has 0 aromatic heterocycles. The molecular weight excluding hydrogens is 304 g/mol. The van der Waals surface area contributed by atoms with Crippen LogP contribution in [0.5, 0.6) is 0 Å². The Kier molecular flexibility index (Phi) is 3.83. The Morgan fingerprint density at radius 3 is 2.54 bits per heavy atom. The predicted molar refractivity (Wildman–Crippen MR) is 91.4 cm³/mol. The minimum absolute atomic E-state index is 0.00544. The smallest absolute Gasteiger partial charge is 0.309 e. The van der Waals surface area contributed by atoms with E-state index in [1.54, 1.807) is 13.8 Å². The van der Waals surface area contributed by atoms with Crippen LogP contribution in [0.15, 0.2) is 23.3 Å². The lowest BCUT2D eigenvalue weighted by atomic mass is 9.46. The Labute approximate surface area is 143 Å². The summed E-state index contributed by atoms with van der Waals surface area (Å²) in [4.78, 5) is 24.6. The topological polar surface area (TPSA) is 74.6 Å². The standard InChI is InChI=1S/C20H28O4/c1-18(2,24)14-10-12-6-7-16-19(3,13(12)11-15(14)21)8-5-9-20(16,4)17(22)23/h6,10,13,16,24H,5,7-9,11H2,1-4H3,(H,22,23)/t13-,16-,19+,20+/m0/s1. The Balaban J connectivity index is 2.06. The third-order valence-electron chi connectivity index (χ3n) is 6.91. The van der Waals surface area contributed by atoms with Crippen molar-refractivity contribution in [1.29, 1.82) is 0 Å². The molecule has 24 heavy (non-hydrogen) atoms. The van der Waals surface area contributed by atoms with Gasteiger partial charge in [0.1, 0.15) is 0 Å². The Hall–Kier alpha value is -1.42. The van der Waals surface area contributed by atoms with Crippen molar-refractivity contribution in [2.24, 2.45) is 22.7 Å². The lowest BCUT2D eigenvalue weighted by Gasteiger charge is -2.56. The molecule has 2 N–H and O–H groups in total. The van der Waals surface area contributed by atoms with Crippen LogP contribution in [-0.2, 0) is 9.59 Å². The van der Waals surface area contributed by atoms with Crippen LogP contribution in [0.25, 0.3) is 0 Å². The number of aliphatic carboxylic acids is 1. The summed E-state index contributed by atoms with van der Waals surface area (Å²) in [6.45, 7) is 7.34. The van der Waals surface area contributed by atoms with Crippen LogP contribution in [0.1, 0.15) is 59.8 Å². The third kappa shape index (κ3) is 2.38. The van der Waals surface area contributed by atoms with E-state index in [0.717, 1.165) is 24.8 Å². The van der Waals surface area contributed by atoms with Gasteiger partial charge in [-0.15, -0.1) is 0 Å². The van der Waals surface area contributed by atoms with E-state index in [9.17, 15) is 19.8 Å². The van der Waals surface area contributed by atoms with E-state index in [1.165, 1.54) is 0 Å². The summed E-state index contributed by atoms with van der Waals surface area (Å²) in [5.74, 6) is -0.608. The number of hydrogen-bond donors (Lipinski definition) is 2. The molecule has 0 unspecified atom stereocenters. The maximum atomic E-state index is 12.6. The van der Waals surface area contributed by atoms with Crippen LogP contribution in [0, 0.1) is 22.7 Å². The Morgan fingerprint density at radius 2 is 1.96 bits per heavy atom. The first-order valence-corrected chi connectivity index (χ1v) is 8.91. The average Bonchev–Trinajstić information content (AvgIpc) is 2.46. The number of rotatable bonds is 2. The molecule has 3 aliphatic rings. The number of carboxylic acids is 1. The zero-order valence-electron chi connectivity index (χ0n) is 15.1. The maximum absolute atomic E-state index is 12.6. The van der Waals surface area contributed by atoms with E-state index in [-0.39, 0.29) is 23.0 Å². The van der Waals surface area contributed by atoms with E-state index in [4.69, 9.17) is 0 Å². The van der Waals surface area contributed by atoms with Gasteiger partial charge in [-0.05, 0) is 68.9 Å². The van der Waals surface area contributed by atoms with Gasteiger partial charge in [0.25, 0.3) is 0 Å². The van der Waals surface area contributed by atoms with Crippen LogP contribution in [-0.4, -0.2) is 27.6 Å². The number of carbonyl (C=O) groups excluding carboxylic acids is 1. The van der Waals surface area contributed by atoms with Gasteiger partial charge in [-0.2, -0.15) is 0 Å². The fourth-order valence-electron chi connectivity index (χ4n) is 5.46. The van der Waals surface area contributed by atoms with E-state index in [0.29, 0.717) is 18.4 Å². The number of aliphatic hydroxyl groups is 1. The minimum atomic E-state index is -1.14. The van der Waals surface area contributed by atoms with Gasteiger partial charge in [-0.25, -0.2) is 0 Å². The summed E-state index contributed by atoms with van der Waals surface area (Å²) < 4.78 is 0. The summed E-state index contributed by atoms with van der Waals surface area (Å²) in [5, 5.41) is 20.1. The second kappa shape index (κ2) is 5.29. The summed E-state index contributed by atoms with van der Waals surface area (Å²) in [6, 6.07) is 0. The molecule has 0 heterocycles. The first-order chi connectivity index (χ1) is 11.0. The summed E-state index contributed by atoms with van der Waals surface area (Å²) in [7, 11) is 0. The van der Waals surface area contributed by atoms with Gasteiger partial charge in [0, 0.05) is 12.0 Å². The fraction of sp³-hybridized carbons (Fsp3) is 0.700. The third-order valence-corrected chi connectivity index (χ3v) is 6.91. The molecule has 0 aliphatic heterocycles. The molecule has 3 rings (SSSR count). The largest absolute Gasteiger partial charge is 0.481 e. The number of Topliss-reactive ketones (excluding diaryl/α,β-unsaturated/α-hetero) is 1. The number of carboxylic acid groups (broad SMARTS) is 1. The number of carbonyl (C=O) groups is 2. The molecule has 0 saturated heterocycles. The molecule has 0 radical (unpaired) electrons. The number of ketones is 1. The normalized spacial score (nSPS) is 39.5. The van der Waals surface area contributed by atoms with Gasteiger partial charge in [0.15, 0.2) is 5.78 Å². The van der Waals surface area contributed by atoms with Gasteiger partial charge in [0.05, 0.1) is 11.0 Å². The molecule has 0 bridgehead atoms. The highest BCUT2D eigenvalue weighted by molar-refractivity contribution is 5.99. The second-order valence-electron chi connectivity index (χ2n) is 8.87. The lowest BCUT2D eigenvalue weighted by molar-refractivity contribution is -0.162. The minimum Gasteiger partial charge on any atom is -0.481 e. The Bertz CT molecular complexity index is 651. The van der Waals surface area contributed by atoms with Crippen LogP contribution in [0.3, 0.4) is 0 Å². The first-order valence-electron chi connectivity index (χ1n) is 8.91. The molecule has 1 saturated carbocycles. The van der Waals surface area contributed by atoms with Crippen molar-refractivity contribution in [3.8, 4) is 0 Å². The lowest BCUT2D eigenvalue weighted by Crippen LogP contribution is -2.53. The van der Waals surface area contributed by atoms with Crippen LogP contribution >= 0.6 is 0 Å². The van der Waals surface area contributed by atoms with Gasteiger partial charge in [-0.1, -0.05) is 19.4 Å². The van der Waals surface area contributed by atoms with Crippen molar-refractivity contribution < 1.29 is 19.8 Å². The van der Waals surface area contributed by atoms with E-state index >= 15 is 0 Å². The van der Waals surface area contributed by atoms with Gasteiger partial charge in [-0.3, -0.25) is 9.59 Å². The van der Waals surface area contributed by atoms with Crippen molar-refractivity contribution in [3.63, 3.8) is 0 Å². The second-order valence-corrected chi connectivity index (χ2v) is 8.87. The highest BCUT2D eigenvalue weighted by Gasteiger charge is 2.58. The van der Waals surface area contributed by atoms with Gasteiger partial charge in [0.2, 0.25) is 0 Å². The first kappa shape index (κ1) is 17.4. The fourth-order valence-corrected chi connectivity index (χ4v) is 5.46. The van der Waals surface area contributed by atoms with Crippen LogP contribution < -0.4 is 0 Å². The monoisotopic (exact) mass is 332 g/mol. The van der Waals surface area contributed by atoms with Gasteiger partial charge < -0.3 is 10.2 Å². The molecule has 4 atom stereocenters. The quantitative estimate of drug-likeness (QED) is 0.811. The number of fused-ring (bicyclic) bond motifs is 3. The molecule has 3 aliphatic carbocycles. The zero-order valence-corrected chi connectivity index (χ0v) is 15.1. The molecule has 0 aromatic rings. The van der Waals surface area contributed by atoms with Crippen LogP contribution in [0.4, 0.5) is 0 Å². The highest BCUT2D eigenvalue weighted by Crippen LogP contribution is 2.61. The summed E-state index contributed by atoms with van der Waals surface area (Å²) in [5.41, 5.74) is -0.447. The number of hydrogen-bond acceptors (Lipinski definition) is 3. The van der Waals surface area contributed by atoms with Gasteiger partial charge >= 0.3 is 5.97 Å². The van der Waals surface area contributed by atoms with Crippen molar-refractivity contribution in [2.45, 2.75) is 65.4 Å². The summed E-state index contributed by atoms with van der Waals surface area (Å²) >= 11 is 0. The van der Waals surface area contributed by atoms with Crippen LogP contribution in [0.2, 0.25) is 0 Å². The molecule has 0 aromatic carbocycles. The van der Waals surface area contributed by atoms with Crippen molar-refractivity contribution >= 4 is 11.8 Å².